The van der Waals surface area contributed by atoms with Gasteiger partial charge >= 0.3 is 5.97 Å². The van der Waals surface area contributed by atoms with E-state index in [9.17, 15) is 9.90 Å². The van der Waals surface area contributed by atoms with Crippen LogP contribution in [0, 0.1) is 0 Å². The van der Waals surface area contributed by atoms with Gasteiger partial charge in [-0.15, -0.1) is 0 Å². The molecule has 0 amide bonds. The maximum Gasteiger partial charge on any atom is 0.333 e. The van der Waals surface area contributed by atoms with E-state index in [1.165, 1.54) is 37.7 Å². The first-order valence-corrected chi connectivity index (χ1v) is 11.2. The molecular formula is C25H33NO5. The number of carboxylic acid groups (broad SMARTS) is 1. The van der Waals surface area contributed by atoms with Crippen molar-refractivity contribution < 1.29 is 24.1 Å². The number of aromatic nitrogens is 1. The molecule has 6 heteroatoms. The monoisotopic (exact) mass is 427 g/mol. The average molecular weight is 428 g/mol. The van der Waals surface area contributed by atoms with E-state index in [0.717, 1.165) is 11.3 Å². The smallest absolute Gasteiger partial charge is 0.333 e. The number of carbonyl (C=O) groups is 1. The van der Waals surface area contributed by atoms with E-state index >= 15 is 0 Å². The molecule has 2 aromatic rings. The molecule has 1 aliphatic rings. The molecule has 0 aliphatic heterocycles. The largest absolute Gasteiger partial charge is 0.490 e. The Hall–Kier alpha value is -2.60. The van der Waals surface area contributed by atoms with Crippen LogP contribution < -0.4 is 9.47 Å². The number of hydrogen-bond donors (Lipinski definition) is 1. The zero-order chi connectivity index (χ0) is 22.1. The van der Waals surface area contributed by atoms with Gasteiger partial charge in [-0.3, -0.25) is 0 Å². The van der Waals surface area contributed by atoms with E-state index in [2.05, 4.69) is 17.1 Å². The maximum absolute atomic E-state index is 11.4. The lowest BCUT2D eigenvalue weighted by Crippen LogP contribution is -2.29. The van der Waals surface area contributed by atoms with Gasteiger partial charge < -0.3 is 19.3 Å². The Morgan fingerprint density at radius 2 is 1.77 bits per heavy atom. The normalized spacial score (nSPS) is 15.6. The highest BCUT2D eigenvalue weighted by atomic mass is 16.5. The van der Waals surface area contributed by atoms with Crippen LogP contribution in [-0.2, 0) is 16.0 Å². The van der Waals surface area contributed by atoms with Gasteiger partial charge in [0.15, 0.2) is 6.10 Å². The van der Waals surface area contributed by atoms with Crippen LogP contribution in [0.1, 0.15) is 63.0 Å². The Kier molecular flexibility index (Phi) is 8.71. The van der Waals surface area contributed by atoms with Gasteiger partial charge in [-0.05, 0) is 61.9 Å². The average Bonchev–Trinajstić information content (AvgIpc) is 2.77. The number of benzene rings is 1. The van der Waals surface area contributed by atoms with Crippen LogP contribution in [0.25, 0.3) is 0 Å². The van der Waals surface area contributed by atoms with Gasteiger partial charge in [0.05, 0.1) is 6.10 Å². The third-order valence-electron chi connectivity index (χ3n) is 5.49. The third-order valence-corrected chi connectivity index (χ3v) is 5.49. The predicted octanol–water partition coefficient (Wildman–Crippen LogP) is 5.01. The molecule has 0 radical (unpaired) electrons. The van der Waals surface area contributed by atoms with Gasteiger partial charge in [-0.1, -0.05) is 31.4 Å². The molecule has 1 aromatic carbocycles. The summed E-state index contributed by atoms with van der Waals surface area (Å²) >= 11 is 0. The van der Waals surface area contributed by atoms with E-state index in [0.29, 0.717) is 25.0 Å². The molecule has 0 bridgehead atoms. The van der Waals surface area contributed by atoms with Gasteiger partial charge in [0.2, 0.25) is 5.88 Å². The van der Waals surface area contributed by atoms with E-state index in [1.54, 1.807) is 18.3 Å². The van der Waals surface area contributed by atoms with Crippen molar-refractivity contribution in [1.82, 2.24) is 4.98 Å². The molecule has 31 heavy (non-hydrogen) atoms. The van der Waals surface area contributed by atoms with Crippen molar-refractivity contribution in [2.24, 2.45) is 0 Å². The van der Waals surface area contributed by atoms with Gasteiger partial charge in [0, 0.05) is 18.7 Å². The standard InChI is InChI=1S/C25H33NO5/c1-18(2)31-23(25(27)28)16-19-12-13-26-24(17-19)30-15-14-29-22-10-8-21(9-11-22)20-6-4-3-5-7-20/h8-13,17-18,20,23H,3-7,14-16H2,1-2H3,(H,27,28). The molecule has 1 atom stereocenters. The van der Waals surface area contributed by atoms with Crippen LogP contribution in [0.4, 0.5) is 0 Å². The zero-order valence-corrected chi connectivity index (χ0v) is 18.5. The minimum atomic E-state index is -0.976. The fourth-order valence-corrected chi connectivity index (χ4v) is 3.97. The highest BCUT2D eigenvalue weighted by molar-refractivity contribution is 5.72. The molecule has 1 N–H and O–H groups in total. The lowest BCUT2D eigenvalue weighted by Gasteiger charge is -2.22. The summed E-state index contributed by atoms with van der Waals surface area (Å²) in [4.78, 5) is 15.6. The Morgan fingerprint density at radius 3 is 2.45 bits per heavy atom. The van der Waals surface area contributed by atoms with Crippen molar-refractivity contribution in [3.8, 4) is 11.6 Å². The third kappa shape index (κ3) is 7.55. The molecule has 0 saturated heterocycles. The second-order valence-electron chi connectivity index (χ2n) is 8.32. The van der Waals surface area contributed by atoms with E-state index in [1.807, 2.05) is 26.0 Å². The van der Waals surface area contributed by atoms with Crippen molar-refractivity contribution in [1.29, 1.82) is 0 Å². The van der Waals surface area contributed by atoms with Crippen LogP contribution in [0.5, 0.6) is 11.6 Å². The van der Waals surface area contributed by atoms with Crippen molar-refractivity contribution >= 4 is 5.97 Å². The van der Waals surface area contributed by atoms with E-state index in [4.69, 9.17) is 14.2 Å². The summed E-state index contributed by atoms with van der Waals surface area (Å²) in [7, 11) is 0. The second kappa shape index (κ2) is 11.7. The summed E-state index contributed by atoms with van der Waals surface area (Å²) in [5, 5.41) is 9.34. The molecule has 3 rings (SSSR count). The number of pyridine rings is 1. The number of rotatable bonds is 11. The Bertz CT molecular complexity index is 815. The fraction of sp³-hybridized carbons (Fsp3) is 0.520. The Morgan fingerprint density at radius 1 is 1.06 bits per heavy atom. The molecule has 1 fully saturated rings. The second-order valence-corrected chi connectivity index (χ2v) is 8.32. The highest BCUT2D eigenvalue weighted by Crippen LogP contribution is 2.33. The number of carboxylic acids is 1. The molecule has 1 unspecified atom stereocenters. The van der Waals surface area contributed by atoms with Crippen LogP contribution >= 0.6 is 0 Å². The SMILES string of the molecule is CC(C)OC(Cc1ccnc(OCCOc2ccc(C3CCCCC3)cc2)c1)C(=O)O. The highest BCUT2D eigenvalue weighted by Gasteiger charge is 2.20. The van der Waals surface area contributed by atoms with E-state index < -0.39 is 12.1 Å². The molecule has 1 saturated carbocycles. The Labute approximate surface area is 184 Å². The Balaban J connectivity index is 1.44. The molecule has 6 nitrogen and oxygen atoms in total. The summed E-state index contributed by atoms with van der Waals surface area (Å²) in [6.45, 7) is 4.40. The van der Waals surface area contributed by atoms with Crippen molar-refractivity contribution in [2.75, 3.05) is 13.2 Å². The molecule has 1 aromatic heterocycles. The van der Waals surface area contributed by atoms with Gasteiger partial charge in [-0.25, -0.2) is 9.78 Å². The predicted molar refractivity (Wildman–Crippen MR) is 119 cm³/mol. The summed E-state index contributed by atoms with van der Waals surface area (Å²) in [6, 6.07) is 11.9. The molecule has 0 spiro atoms. The first kappa shape index (κ1) is 23.1. The molecular weight excluding hydrogens is 394 g/mol. The summed E-state index contributed by atoms with van der Waals surface area (Å²) in [5.74, 6) is 0.995. The lowest BCUT2D eigenvalue weighted by atomic mass is 9.84. The minimum Gasteiger partial charge on any atom is -0.490 e. The number of nitrogens with zero attached hydrogens (tertiary/aromatic N) is 1. The van der Waals surface area contributed by atoms with Crippen molar-refractivity contribution in [3.05, 3.63) is 53.7 Å². The zero-order valence-electron chi connectivity index (χ0n) is 18.5. The summed E-state index contributed by atoms with van der Waals surface area (Å²) in [6.07, 6.45) is 7.42. The first-order chi connectivity index (χ1) is 15.0. The van der Waals surface area contributed by atoms with Crippen LogP contribution in [0.15, 0.2) is 42.6 Å². The summed E-state index contributed by atoms with van der Waals surface area (Å²) in [5.41, 5.74) is 2.21. The topological polar surface area (TPSA) is 77.9 Å². The van der Waals surface area contributed by atoms with Crippen LogP contribution in [0.3, 0.4) is 0 Å². The minimum absolute atomic E-state index is 0.160. The maximum atomic E-state index is 11.4. The molecule has 1 heterocycles. The quantitative estimate of drug-likeness (QED) is 0.508. The number of ether oxygens (including phenoxy) is 3. The summed E-state index contributed by atoms with van der Waals surface area (Å²) < 4.78 is 16.9. The fourth-order valence-electron chi connectivity index (χ4n) is 3.97. The number of hydrogen-bond acceptors (Lipinski definition) is 5. The number of aliphatic carboxylic acids is 1. The van der Waals surface area contributed by atoms with Gasteiger partial charge in [0.1, 0.15) is 19.0 Å². The molecule has 1 aliphatic carbocycles. The lowest BCUT2D eigenvalue weighted by molar-refractivity contribution is -0.153. The van der Waals surface area contributed by atoms with Crippen LogP contribution in [-0.4, -0.2) is 41.5 Å². The van der Waals surface area contributed by atoms with Crippen LogP contribution in [0.2, 0.25) is 0 Å². The van der Waals surface area contributed by atoms with Gasteiger partial charge in [-0.2, -0.15) is 0 Å². The van der Waals surface area contributed by atoms with Crippen molar-refractivity contribution in [2.45, 2.75) is 70.5 Å². The van der Waals surface area contributed by atoms with E-state index in [-0.39, 0.29) is 12.5 Å². The van der Waals surface area contributed by atoms with Crippen molar-refractivity contribution in [3.63, 3.8) is 0 Å². The van der Waals surface area contributed by atoms with Gasteiger partial charge in [0.25, 0.3) is 0 Å². The molecule has 168 valence electrons. The first-order valence-electron chi connectivity index (χ1n) is 11.2.